The second-order valence-corrected chi connectivity index (χ2v) is 6.92. The van der Waals surface area contributed by atoms with Gasteiger partial charge in [0, 0.05) is 45.8 Å². The van der Waals surface area contributed by atoms with Gasteiger partial charge >= 0.3 is 6.61 Å². The van der Waals surface area contributed by atoms with E-state index in [2.05, 4.69) is 33.8 Å². The van der Waals surface area contributed by atoms with Crippen molar-refractivity contribution in [2.24, 2.45) is 4.99 Å². The number of halogens is 3. The van der Waals surface area contributed by atoms with Crippen LogP contribution in [-0.4, -0.2) is 61.6 Å². The Morgan fingerprint density at radius 3 is 2.37 bits per heavy atom. The van der Waals surface area contributed by atoms with E-state index in [-0.39, 0.29) is 29.7 Å². The summed E-state index contributed by atoms with van der Waals surface area (Å²) in [5.74, 6) is 0.986. The van der Waals surface area contributed by atoms with Gasteiger partial charge in [-0.05, 0) is 44.4 Å². The molecule has 1 aromatic carbocycles. The standard InChI is InChI=1S/C19H30F2N4O.HI/c1-14(2)25(16-7-8-16)12-11-23-19(22-3)24(4)13-15-5-9-17(10-6-15)26-18(20)21;/h5-6,9-10,14,16,18H,7-8,11-13H2,1-4H3,(H,22,23);1H. The number of guanidine groups is 1. The van der Waals surface area contributed by atoms with Crippen molar-refractivity contribution in [3.63, 3.8) is 0 Å². The van der Waals surface area contributed by atoms with Crippen LogP contribution in [0.2, 0.25) is 0 Å². The molecule has 2 rings (SSSR count). The van der Waals surface area contributed by atoms with Gasteiger partial charge < -0.3 is 15.0 Å². The Morgan fingerprint density at radius 2 is 1.89 bits per heavy atom. The van der Waals surface area contributed by atoms with Crippen LogP contribution in [0.15, 0.2) is 29.3 Å². The smallest absolute Gasteiger partial charge is 0.387 e. The first-order valence-electron chi connectivity index (χ1n) is 9.12. The third-order valence-electron chi connectivity index (χ3n) is 4.47. The Hall–Kier alpha value is -1.16. The van der Waals surface area contributed by atoms with Crippen molar-refractivity contribution in [2.75, 3.05) is 27.2 Å². The highest BCUT2D eigenvalue weighted by molar-refractivity contribution is 14.0. The maximum absolute atomic E-state index is 12.2. The Kier molecular flexibility index (Phi) is 10.3. The average molecular weight is 496 g/mol. The van der Waals surface area contributed by atoms with Gasteiger partial charge in [0.25, 0.3) is 0 Å². The van der Waals surface area contributed by atoms with Crippen molar-refractivity contribution in [3.05, 3.63) is 29.8 Å². The number of nitrogens with one attached hydrogen (secondary N) is 1. The van der Waals surface area contributed by atoms with Crippen LogP contribution in [0.5, 0.6) is 5.75 Å². The number of hydrogen-bond donors (Lipinski definition) is 1. The fourth-order valence-electron chi connectivity index (χ4n) is 3.08. The predicted molar refractivity (Wildman–Crippen MR) is 116 cm³/mol. The molecule has 1 aromatic rings. The molecule has 1 N–H and O–H groups in total. The van der Waals surface area contributed by atoms with Gasteiger partial charge in [0.1, 0.15) is 5.75 Å². The zero-order valence-electron chi connectivity index (χ0n) is 16.5. The van der Waals surface area contributed by atoms with E-state index in [1.54, 1.807) is 31.3 Å². The number of hydrogen-bond acceptors (Lipinski definition) is 3. The van der Waals surface area contributed by atoms with Gasteiger partial charge in [-0.1, -0.05) is 12.1 Å². The Labute approximate surface area is 178 Å². The minimum absolute atomic E-state index is 0. The van der Waals surface area contributed by atoms with Gasteiger partial charge in [-0.3, -0.25) is 9.89 Å². The van der Waals surface area contributed by atoms with E-state index < -0.39 is 6.61 Å². The highest BCUT2D eigenvalue weighted by atomic mass is 127. The average Bonchev–Trinajstić information content (AvgIpc) is 3.40. The van der Waals surface area contributed by atoms with E-state index in [4.69, 9.17) is 0 Å². The summed E-state index contributed by atoms with van der Waals surface area (Å²) >= 11 is 0. The van der Waals surface area contributed by atoms with E-state index >= 15 is 0 Å². The number of benzene rings is 1. The van der Waals surface area contributed by atoms with Gasteiger partial charge in [-0.15, -0.1) is 24.0 Å². The fraction of sp³-hybridized carbons (Fsp3) is 0.632. The van der Waals surface area contributed by atoms with Crippen LogP contribution >= 0.6 is 24.0 Å². The SMILES string of the molecule is CN=C(NCCN(C(C)C)C1CC1)N(C)Cc1ccc(OC(F)F)cc1.I. The number of rotatable bonds is 9. The molecule has 5 nitrogen and oxygen atoms in total. The lowest BCUT2D eigenvalue weighted by atomic mass is 10.2. The zero-order chi connectivity index (χ0) is 19.1. The first kappa shape index (κ1) is 23.9. The minimum Gasteiger partial charge on any atom is -0.435 e. The molecule has 0 unspecified atom stereocenters. The summed E-state index contributed by atoms with van der Waals surface area (Å²) in [6.45, 7) is 4.14. The number of ether oxygens (including phenoxy) is 1. The second-order valence-electron chi connectivity index (χ2n) is 6.92. The molecule has 0 spiro atoms. The molecule has 0 bridgehead atoms. The normalized spacial score (nSPS) is 14.5. The molecule has 154 valence electrons. The fourth-order valence-corrected chi connectivity index (χ4v) is 3.08. The summed E-state index contributed by atoms with van der Waals surface area (Å²) in [6, 6.07) is 7.98. The van der Waals surface area contributed by atoms with Crippen LogP contribution in [-0.2, 0) is 6.54 Å². The molecule has 0 atom stereocenters. The number of aliphatic imine (C=N–C) groups is 1. The third kappa shape index (κ3) is 8.16. The molecule has 1 saturated carbocycles. The summed E-state index contributed by atoms with van der Waals surface area (Å²) in [7, 11) is 3.72. The number of nitrogens with zero attached hydrogens (tertiary/aromatic N) is 3. The van der Waals surface area contributed by atoms with Crippen molar-refractivity contribution < 1.29 is 13.5 Å². The molecule has 0 amide bonds. The number of alkyl halides is 2. The maximum Gasteiger partial charge on any atom is 0.387 e. The van der Waals surface area contributed by atoms with Crippen LogP contribution in [0.4, 0.5) is 8.78 Å². The third-order valence-corrected chi connectivity index (χ3v) is 4.47. The molecule has 0 aromatic heterocycles. The van der Waals surface area contributed by atoms with Gasteiger partial charge in [-0.2, -0.15) is 8.78 Å². The largest absolute Gasteiger partial charge is 0.435 e. The molecular weight excluding hydrogens is 465 g/mol. The molecule has 1 aliphatic carbocycles. The zero-order valence-corrected chi connectivity index (χ0v) is 18.8. The lowest BCUT2D eigenvalue weighted by molar-refractivity contribution is -0.0498. The van der Waals surface area contributed by atoms with Crippen LogP contribution in [0, 0.1) is 0 Å². The molecule has 1 aliphatic rings. The molecule has 0 radical (unpaired) electrons. The lowest BCUT2D eigenvalue weighted by Gasteiger charge is -2.28. The highest BCUT2D eigenvalue weighted by Crippen LogP contribution is 2.27. The van der Waals surface area contributed by atoms with E-state index in [1.807, 2.05) is 11.9 Å². The van der Waals surface area contributed by atoms with Crippen molar-refractivity contribution in [3.8, 4) is 5.75 Å². The van der Waals surface area contributed by atoms with Crippen molar-refractivity contribution in [2.45, 2.75) is 51.9 Å². The second kappa shape index (κ2) is 11.6. The van der Waals surface area contributed by atoms with Gasteiger partial charge in [0.2, 0.25) is 0 Å². The van der Waals surface area contributed by atoms with Gasteiger partial charge in [0.05, 0.1) is 0 Å². The molecular formula is C19H31F2IN4O. The molecule has 0 heterocycles. The van der Waals surface area contributed by atoms with Gasteiger partial charge in [0.15, 0.2) is 5.96 Å². The summed E-state index contributed by atoms with van der Waals surface area (Å²) < 4.78 is 28.8. The predicted octanol–water partition coefficient (Wildman–Crippen LogP) is 3.79. The lowest BCUT2D eigenvalue weighted by Crippen LogP contribution is -2.44. The van der Waals surface area contributed by atoms with Crippen molar-refractivity contribution >= 4 is 29.9 Å². The Bertz CT molecular complexity index is 578. The van der Waals surface area contributed by atoms with Crippen LogP contribution < -0.4 is 10.1 Å². The van der Waals surface area contributed by atoms with Gasteiger partial charge in [-0.25, -0.2) is 0 Å². The maximum atomic E-state index is 12.2. The minimum atomic E-state index is -2.80. The van der Waals surface area contributed by atoms with Crippen LogP contribution in [0.25, 0.3) is 0 Å². The molecule has 0 saturated heterocycles. The Morgan fingerprint density at radius 1 is 1.26 bits per heavy atom. The summed E-state index contributed by atoms with van der Waals surface area (Å²) in [6.07, 6.45) is 2.61. The molecule has 0 aliphatic heterocycles. The van der Waals surface area contributed by atoms with E-state index in [9.17, 15) is 8.78 Å². The van der Waals surface area contributed by atoms with Crippen LogP contribution in [0.3, 0.4) is 0 Å². The monoisotopic (exact) mass is 496 g/mol. The highest BCUT2D eigenvalue weighted by Gasteiger charge is 2.30. The van der Waals surface area contributed by atoms with Crippen molar-refractivity contribution in [1.29, 1.82) is 0 Å². The topological polar surface area (TPSA) is 40.1 Å². The van der Waals surface area contributed by atoms with Crippen LogP contribution in [0.1, 0.15) is 32.3 Å². The first-order valence-corrected chi connectivity index (χ1v) is 9.12. The van der Waals surface area contributed by atoms with E-state index in [0.717, 1.165) is 30.7 Å². The summed E-state index contributed by atoms with van der Waals surface area (Å²) in [5, 5.41) is 3.41. The Balaban J connectivity index is 0.00000364. The summed E-state index contributed by atoms with van der Waals surface area (Å²) in [4.78, 5) is 8.88. The summed E-state index contributed by atoms with van der Waals surface area (Å²) in [5.41, 5.74) is 0.999. The molecule has 1 fully saturated rings. The van der Waals surface area contributed by atoms with Crippen molar-refractivity contribution in [1.82, 2.24) is 15.1 Å². The molecule has 27 heavy (non-hydrogen) atoms. The first-order chi connectivity index (χ1) is 12.4. The van der Waals surface area contributed by atoms with E-state index in [1.165, 1.54) is 12.8 Å². The quantitative estimate of drug-likeness (QED) is 0.321. The molecule has 8 heteroatoms. The van der Waals surface area contributed by atoms with E-state index in [0.29, 0.717) is 12.6 Å².